The molecule has 88 valence electrons. The Morgan fingerprint density at radius 2 is 1.24 bits per heavy atom. The van der Waals surface area contributed by atoms with Crippen LogP contribution >= 0.6 is 0 Å². The molecule has 0 radical (unpaired) electrons. The van der Waals surface area contributed by atoms with E-state index in [9.17, 15) is 9.59 Å². The molecule has 0 heterocycles. The average molecular weight is 230 g/mol. The molecule has 0 unspecified atom stereocenters. The van der Waals surface area contributed by atoms with Crippen LogP contribution in [0.5, 0.6) is 0 Å². The second-order valence-electron chi connectivity index (χ2n) is 2.52. The summed E-state index contributed by atoms with van der Waals surface area (Å²) in [6.45, 7) is 10.6. The van der Waals surface area contributed by atoms with Crippen LogP contribution in [0.1, 0.15) is 16.7 Å². The van der Waals surface area contributed by atoms with Gasteiger partial charge in [-0.1, -0.05) is 13.2 Å². The molecule has 0 aromatic heterocycles. The number of carbonyl (C=O) groups is 2. The van der Waals surface area contributed by atoms with Crippen LogP contribution in [-0.2, 0) is 14.3 Å². The fourth-order valence-corrected chi connectivity index (χ4v) is 0.440. The van der Waals surface area contributed by atoms with Crippen molar-refractivity contribution in [3.8, 4) is 0 Å². The molecule has 5 nitrogen and oxygen atoms in total. The van der Waals surface area contributed by atoms with Gasteiger partial charge in [0.15, 0.2) is 0 Å². The summed E-state index contributed by atoms with van der Waals surface area (Å²) in [5.41, 5.74) is 0. The van der Waals surface area contributed by atoms with Gasteiger partial charge in [0.1, 0.15) is 0 Å². The van der Waals surface area contributed by atoms with Gasteiger partial charge >= 0.3 is 49.7 Å². The molecule has 7 heteroatoms. The standard InChI is InChI=1S/C6H10O.C4H4O4.2Li.2H/c1-5(2)7-6(3)4;5-3(6)1-2-4(7)8;;;;/h1,3H2,2,4H3;1-2H,(H,5,6)(H,7,8);;;;/q;;2*+1;2*-1/b;2-1-;;;;. The summed E-state index contributed by atoms with van der Waals surface area (Å²) in [5.74, 6) is -1.14. The predicted octanol–water partition coefficient (Wildman–Crippen LogP) is -3.98. The first-order chi connectivity index (χ1) is 6.75. The van der Waals surface area contributed by atoms with Crippen molar-refractivity contribution in [1.82, 2.24) is 0 Å². The fourth-order valence-electron chi connectivity index (χ4n) is 0.440. The van der Waals surface area contributed by atoms with Crippen molar-refractivity contribution in [2.24, 2.45) is 0 Å². The number of allylic oxidation sites excluding steroid dienone is 2. The van der Waals surface area contributed by atoms with E-state index in [1.807, 2.05) is 0 Å². The normalized spacial score (nSPS) is 7.65. The summed E-state index contributed by atoms with van der Waals surface area (Å²) >= 11 is 0. The smallest absolute Gasteiger partial charge is 1.00 e. The second kappa shape index (κ2) is 15.2. The van der Waals surface area contributed by atoms with Gasteiger partial charge in [-0.2, -0.15) is 0 Å². The van der Waals surface area contributed by atoms with E-state index in [0.29, 0.717) is 23.7 Å². The number of carboxylic acid groups (broad SMARTS) is 2. The Kier molecular flexibility index (Phi) is 22.4. The maximum atomic E-state index is 9.55. The maximum absolute atomic E-state index is 9.55. The van der Waals surface area contributed by atoms with Crippen LogP contribution in [0.15, 0.2) is 36.8 Å². The molecular formula is C10H16Li2O5. The van der Waals surface area contributed by atoms with Gasteiger partial charge in [0.05, 0.1) is 11.5 Å². The van der Waals surface area contributed by atoms with Gasteiger partial charge in [0.2, 0.25) is 0 Å². The molecule has 0 spiro atoms. The van der Waals surface area contributed by atoms with Gasteiger partial charge in [0.25, 0.3) is 0 Å². The van der Waals surface area contributed by atoms with Gasteiger partial charge in [-0.25, -0.2) is 9.59 Å². The van der Waals surface area contributed by atoms with Gasteiger partial charge < -0.3 is 17.8 Å². The zero-order chi connectivity index (χ0) is 12.4. The first kappa shape index (κ1) is 25.1. The van der Waals surface area contributed by atoms with Crippen LogP contribution < -0.4 is 37.7 Å². The number of hydrogen-bond donors (Lipinski definition) is 2. The minimum absolute atomic E-state index is 0. The fraction of sp³-hybridized carbons (Fsp3) is 0.200. The zero-order valence-electron chi connectivity index (χ0n) is 12.7. The Morgan fingerprint density at radius 3 is 1.29 bits per heavy atom. The molecule has 0 aliphatic carbocycles. The third-order valence-electron chi connectivity index (χ3n) is 0.717. The Hall–Kier alpha value is -0.845. The molecule has 0 atom stereocenters. The van der Waals surface area contributed by atoms with Crippen LogP contribution in [0.3, 0.4) is 0 Å². The third-order valence-corrected chi connectivity index (χ3v) is 0.717. The van der Waals surface area contributed by atoms with Gasteiger partial charge in [-0.3, -0.25) is 0 Å². The number of aliphatic carboxylic acids is 2. The van der Waals surface area contributed by atoms with Crippen LogP contribution in [0.25, 0.3) is 0 Å². The van der Waals surface area contributed by atoms with Crippen LogP contribution in [0.4, 0.5) is 0 Å². The first-order valence-corrected chi connectivity index (χ1v) is 3.88. The maximum Gasteiger partial charge on any atom is 1.00 e. The molecule has 0 rings (SSSR count). The predicted molar refractivity (Wildman–Crippen MR) is 57.3 cm³/mol. The summed E-state index contributed by atoms with van der Waals surface area (Å²) in [4.78, 5) is 19.1. The van der Waals surface area contributed by atoms with E-state index in [1.54, 1.807) is 13.8 Å². The van der Waals surface area contributed by atoms with E-state index in [4.69, 9.17) is 14.9 Å². The van der Waals surface area contributed by atoms with Crippen molar-refractivity contribution < 1.29 is 65.1 Å². The molecule has 0 aromatic carbocycles. The third kappa shape index (κ3) is 39.4. The second-order valence-corrected chi connectivity index (χ2v) is 2.52. The number of rotatable bonds is 4. The molecule has 0 aliphatic heterocycles. The summed E-state index contributed by atoms with van der Waals surface area (Å²) in [6, 6.07) is 0. The van der Waals surface area contributed by atoms with Gasteiger partial charge in [-0.15, -0.1) is 0 Å². The van der Waals surface area contributed by atoms with Crippen molar-refractivity contribution >= 4 is 11.9 Å². The summed E-state index contributed by atoms with van der Waals surface area (Å²) in [5, 5.41) is 15.6. The molecule has 0 saturated heterocycles. The van der Waals surface area contributed by atoms with Crippen molar-refractivity contribution in [3.63, 3.8) is 0 Å². The zero-order valence-corrected chi connectivity index (χ0v) is 10.7. The Bertz CT molecular complexity index is 278. The molecule has 0 saturated carbocycles. The molecular weight excluding hydrogens is 214 g/mol. The first-order valence-electron chi connectivity index (χ1n) is 3.88. The van der Waals surface area contributed by atoms with Crippen LogP contribution in [0, 0.1) is 0 Å². The van der Waals surface area contributed by atoms with E-state index in [2.05, 4.69) is 13.2 Å². The van der Waals surface area contributed by atoms with E-state index in [-0.39, 0.29) is 40.6 Å². The number of ether oxygens (including phenoxy) is 1. The molecule has 2 N–H and O–H groups in total. The van der Waals surface area contributed by atoms with E-state index in [1.165, 1.54) is 0 Å². The SMILES string of the molecule is C=C(C)OC(=C)C.O=C(O)/C=C\C(=O)O.[H-].[H-].[Li+].[Li+]. The summed E-state index contributed by atoms with van der Waals surface area (Å²) in [6.07, 6.45) is 1.12. The molecule has 0 aliphatic rings. The quantitative estimate of drug-likeness (QED) is 0.292. The van der Waals surface area contributed by atoms with Crippen molar-refractivity contribution in [2.45, 2.75) is 13.8 Å². The summed E-state index contributed by atoms with van der Waals surface area (Å²) < 4.78 is 4.86. The van der Waals surface area contributed by atoms with Crippen LogP contribution in [0.2, 0.25) is 0 Å². The van der Waals surface area contributed by atoms with Crippen molar-refractivity contribution in [2.75, 3.05) is 0 Å². The largest absolute Gasteiger partial charge is 1.00 e. The Morgan fingerprint density at radius 1 is 1.00 bits per heavy atom. The molecule has 0 amide bonds. The number of carboxylic acids is 2. The van der Waals surface area contributed by atoms with Gasteiger partial charge in [-0.05, 0) is 13.8 Å². The molecule has 17 heavy (non-hydrogen) atoms. The Balaban J connectivity index is -0.0000000369. The van der Waals surface area contributed by atoms with Crippen molar-refractivity contribution in [3.05, 3.63) is 36.8 Å². The van der Waals surface area contributed by atoms with Crippen molar-refractivity contribution in [1.29, 1.82) is 0 Å². The minimum atomic E-state index is -1.26. The summed E-state index contributed by atoms with van der Waals surface area (Å²) in [7, 11) is 0. The molecule has 0 fully saturated rings. The minimum Gasteiger partial charge on any atom is -1.00 e. The van der Waals surface area contributed by atoms with E-state index >= 15 is 0 Å². The van der Waals surface area contributed by atoms with Gasteiger partial charge in [0, 0.05) is 12.2 Å². The average Bonchev–Trinajstić information content (AvgIpc) is 1.99. The Labute approximate surface area is 128 Å². The molecule has 0 bridgehead atoms. The monoisotopic (exact) mass is 230 g/mol. The topological polar surface area (TPSA) is 83.8 Å². The molecule has 0 aromatic rings. The van der Waals surface area contributed by atoms with E-state index < -0.39 is 11.9 Å². The number of hydrogen-bond acceptors (Lipinski definition) is 3. The van der Waals surface area contributed by atoms with Crippen LogP contribution in [-0.4, -0.2) is 22.2 Å². The van der Waals surface area contributed by atoms with E-state index in [0.717, 1.165) is 0 Å².